The molecule has 6 heteroatoms. The number of hydrogen-bond acceptors (Lipinski definition) is 5. The molecule has 0 saturated carbocycles. The molecule has 4 aromatic rings. The number of rotatable bonds is 6. The standard InChI is InChI=1S/C33H30FNO4/c1-19-6-4-7-20(2)31(19)33-26(8-5-15-35-33)24-11-13-27(34)32-25(24)12-14-28(32)39-22-9-10-23-21(16-30(36)37-3)18-38-29(23)17-22/h4-11,13,15,17,21,28H,12,14,16,18H2,1-3H3/t21-,28-/m1/s1. The second-order valence-electron chi connectivity index (χ2n) is 10.3. The van der Waals surface area contributed by atoms with Crippen molar-refractivity contribution in [3.05, 3.63) is 100 Å². The Morgan fingerprint density at radius 3 is 2.67 bits per heavy atom. The van der Waals surface area contributed by atoms with Gasteiger partial charge in [-0.25, -0.2) is 4.39 Å². The van der Waals surface area contributed by atoms with Crippen molar-refractivity contribution in [2.24, 2.45) is 0 Å². The maximum absolute atomic E-state index is 15.4. The molecular formula is C33H30FNO4. The number of carbonyl (C=O) groups is 1. The zero-order chi connectivity index (χ0) is 27.1. The first-order valence-corrected chi connectivity index (χ1v) is 13.3. The SMILES string of the molecule is COC(=O)C[C@@H]1COc2cc(O[C@@H]3CCc4c(-c5cccnc5-c5c(C)cccc5C)ccc(F)c43)ccc21. The van der Waals surface area contributed by atoms with Crippen LogP contribution in [0, 0.1) is 19.7 Å². The van der Waals surface area contributed by atoms with Gasteiger partial charge in [0, 0.05) is 40.4 Å². The lowest BCUT2D eigenvalue weighted by molar-refractivity contribution is -0.141. The smallest absolute Gasteiger partial charge is 0.306 e. The van der Waals surface area contributed by atoms with Crippen molar-refractivity contribution in [1.29, 1.82) is 0 Å². The van der Waals surface area contributed by atoms with Gasteiger partial charge in [-0.15, -0.1) is 0 Å². The van der Waals surface area contributed by atoms with E-state index in [1.165, 1.54) is 7.11 Å². The highest BCUT2D eigenvalue weighted by Gasteiger charge is 2.32. The van der Waals surface area contributed by atoms with Crippen LogP contribution in [0.3, 0.4) is 0 Å². The first-order valence-electron chi connectivity index (χ1n) is 13.3. The lowest BCUT2D eigenvalue weighted by Crippen LogP contribution is -2.09. The number of carbonyl (C=O) groups excluding carboxylic acids is 1. The van der Waals surface area contributed by atoms with Gasteiger partial charge in [-0.05, 0) is 67.1 Å². The van der Waals surface area contributed by atoms with E-state index < -0.39 is 6.10 Å². The Morgan fingerprint density at radius 2 is 1.87 bits per heavy atom. The molecular weight excluding hydrogens is 493 g/mol. The van der Waals surface area contributed by atoms with Gasteiger partial charge in [-0.1, -0.05) is 36.4 Å². The molecule has 0 spiro atoms. The number of methoxy groups -OCH3 is 1. The van der Waals surface area contributed by atoms with Crippen LogP contribution in [-0.4, -0.2) is 24.7 Å². The molecule has 3 aromatic carbocycles. The number of fused-ring (bicyclic) bond motifs is 2. The van der Waals surface area contributed by atoms with Crippen LogP contribution in [0.4, 0.5) is 4.39 Å². The second-order valence-corrected chi connectivity index (χ2v) is 10.3. The Morgan fingerprint density at radius 1 is 1.05 bits per heavy atom. The fraction of sp³-hybridized carbons (Fsp3) is 0.273. The molecule has 6 rings (SSSR count). The van der Waals surface area contributed by atoms with Crippen LogP contribution < -0.4 is 9.47 Å². The Kier molecular flexibility index (Phi) is 6.55. The van der Waals surface area contributed by atoms with E-state index in [0.717, 1.165) is 44.6 Å². The Balaban J connectivity index is 1.33. The lowest BCUT2D eigenvalue weighted by Gasteiger charge is -2.19. The average Bonchev–Trinajstić information content (AvgIpc) is 3.54. The molecule has 2 aliphatic rings. The maximum Gasteiger partial charge on any atom is 0.306 e. The zero-order valence-corrected chi connectivity index (χ0v) is 22.3. The van der Waals surface area contributed by atoms with Gasteiger partial charge in [0.05, 0.1) is 25.8 Å². The monoisotopic (exact) mass is 523 g/mol. The van der Waals surface area contributed by atoms with Crippen molar-refractivity contribution in [2.45, 2.75) is 45.1 Å². The minimum atomic E-state index is -0.411. The van der Waals surface area contributed by atoms with E-state index in [1.54, 1.807) is 6.07 Å². The first kappa shape index (κ1) is 25.1. The summed E-state index contributed by atoms with van der Waals surface area (Å²) < 4.78 is 32.4. The highest BCUT2D eigenvalue weighted by molar-refractivity contribution is 5.85. The molecule has 0 N–H and O–H groups in total. The molecule has 1 aliphatic heterocycles. The van der Waals surface area contributed by atoms with Gasteiger partial charge in [0.25, 0.3) is 0 Å². The summed E-state index contributed by atoms with van der Waals surface area (Å²) >= 11 is 0. The minimum absolute atomic E-state index is 0.0423. The van der Waals surface area contributed by atoms with Crippen molar-refractivity contribution in [1.82, 2.24) is 4.98 Å². The third kappa shape index (κ3) is 4.54. The molecule has 1 aromatic heterocycles. The number of aromatic nitrogens is 1. The molecule has 198 valence electrons. The Labute approximate surface area is 227 Å². The largest absolute Gasteiger partial charge is 0.492 e. The number of ether oxygens (including phenoxy) is 3. The van der Waals surface area contributed by atoms with E-state index in [-0.39, 0.29) is 24.1 Å². The van der Waals surface area contributed by atoms with Crippen molar-refractivity contribution in [3.8, 4) is 33.9 Å². The highest BCUT2D eigenvalue weighted by Crippen LogP contribution is 2.45. The molecule has 0 saturated heterocycles. The van der Waals surface area contributed by atoms with Crippen LogP contribution in [0.1, 0.15) is 52.7 Å². The summed E-state index contributed by atoms with van der Waals surface area (Å²) in [5, 5.41) is 0. The van der Waals surface area contributed by atoms with Crippen LogP contribution in [0.15, 0.2) is 66.9 Å². The van der Waals surface area contributed by atoms with Gasteiger partial charge in [0.1, 0.15) is 23.4 Å². The van der Waals surface area contributed by atoms with Gasteiger partial charge in [0.15, 0.2) is 0 Å². The summed E-state index contributed by atoms with van der Waals surface area (Å²) in [6, 6.07) is 19.3. The average molecular weight is 524 g/mol. The molecule has 0 radical (unpaired) electrons. The van der Waals surface area contributed by atoms with Gasteiger partial charge in [-0.3, -0.25) is 9.78 Å². The number of benzene rings is 3. The molecule has 0 unspecified atom stereocenters. The van der Waals surface area contributed by atoms with E-state index in [9.17, 15) is 4.79 Å². The quantitative estimate of drug-likeness (QED) is 0.249. The summed E-state index contributed by atoms with van der Waals surface area (Å²) in [7, 11) is 1.39. The van der Waals surface area contributed by atoms with Crippen molar-refractivity contribution < 1.29 is 23.4 Å². The van der Waals surface area contributed by atoms with E-state index in [0.29, 0.717) is 36.5 Å². The molecule has 39 heavy (non-hydrogen) atoms. The Bertz CT molecular complexity index is 1560. The van der Waals surface area contributed by atoms with Crippen LogP contribution in [0.5, 0.6) is 11.5 Å². The minimum Gasteiger partial charge on any atom is -0.492 e. The summed E-state index contributed by atoms with van der Waals surface area (Å²) in [5.74, 6) is 0.749. The fourth-order valence-corrected chi connectivity index (χ4v) is 6.00. The second kappa shape index (κ2) is 10.2. The number of pyridine rings is 1. The Hall–Kier alpha value is -4.19. The van der Waals surface area contributed by atoms with Gasteiger partial charge >= 0.3 is 5.97 Å². The molecule has 0 fully saturated rings. The predicted octanol–water partition coefficient (Wildman–Crippen LogP) is 7.28. The normalized spacial score (nSPS) is 17.3. The number of nitrogens with zero attached hydrogens (tertiary/aromatic N) is 1. The topological polar surface area (TPSA) is 57.7 Å². The van der Waals surface area contributed by atoms with E-state index in [1.807, 2.05) is 36.5 Å². The summed E-state index contributed by atoms with van der Waals surface area (Å²) in [6.45, 7) is 4.61. The molecule has 0 bridgehead atoms. The van der Waals surface area contributed by atoms with Crippen molar-refractivity contribution >= 4 is 5.97 Å². The predicted molar refractivity (Wildman–Crippen MR) is 148 cm³/mol. The third-order valence-electron chi connectivity index (χ3n) is 7.88. The number of hydrogen-bond donors (Lipinski definition) is 0. The van der Waals surface area contributed by atoms with Crippen molar-refractivity contribution in [3.63, 3.8) is 0 Å². The third-order valence-corrected chi connectivity index (χ3v) is 7.88. The number of esters is 1. The molecule has 2 heterocycles. The van der Waals surface area contributed by atoms with Crippen LogP contribution in [0.25, 0.3) is 22.4 Å². The molecule has 1 aliphatic carbocycles. The summed E-state index contributed by atoms with van der Waals surface area (Å²) in [4.78, 5) is 16.5. The summed E-state index contributed by atoms with van der Waals surface area (Å²) in [5.41, 5.74) is 8.85. The summed E-state index contributed by atoms with van der Waals surface area (Å²) in [6.07, 6.45) is 3.05. The van der Waals surface area contributed by atoms with Gasteiger partial charge in [-0.2, -0.15) is 0 Å². The van der Waals surface area contributed by atoms with E-state index >= 15 is 4.39 Å². The number of halogens is 1. The molecule has 2 atom stereocenters. The van der Waals surface area contributed by atoms with Crippen LogP contribution >= 0.6 is 0 Å². The van der Waals surface area contributed by atoms with Gasteiger partial charge < -0.3 is 14.2 Å². The fourth-order valence-electron chi connectivity index (χ4n) is 6.00. The maximum atomic E-state index is 15.4. The van der Waals surface area contributed by atoms with Gasteiger partial charge in [0.2, 0.25) is 0 Å². The van der Waals surface area contributed by atoms with Crippen LogP contribution in [0.2, 0.25) is 0 Å². The van der Waals surface area contributed by atoms with E-state index in [4.69, 9.17) is 19.2 Å². The number of aryl methyl sites for hydroxylation is 2. The highest BCUT2D eigenvalue weighted by atomic mass is 19.1. The molecule has 5 nitrogen and oxygen atoms in total. The van der Waals surface area contributed by atoms with Crippen molar-refractivity contribution in [2.75, 3.05) is 13.7 Å². The van der Waals surface area contributed by atoms with E-state index in [2.05, 4.69) is 38.1 Å². The first-order chi connectivity index (χ1) is 18.9. The lowest BCUT2D eigenvalue weighted by atomic mass is 9.90. The van der Waals surface area contributed by atoms with Crippen LogP contribution in [-0.2, 0) is 16.0 Å². The molecule has 0 amide bonds. The zero-order valence-electron chi connectivity index (χ0n) is 22.3.